The quantitative estimate of drug-likeness (QED) is 0.163. The minimum Gasteiger partial charge on any atom is -0.423 e. The number of aromatic amines is 1. The molecule has 3 aromatic carbocycles. The van der Waals surface area contributed by atoms with Gasteiger partial charge in [0.25, 0.3) is 11.5 Å². The smallest absolute Gasteiger partial charge is 0.423 e. The van der Waals surface area contributed by atoms with E-state index in [4.69, 9.17) is 4.98 Å². The Morgan fingerprint density at radius 2 is 1.79 bits per heavy atom. The summed E-state index contributed by atoms with van der Waals surface area (Å²) in [6.45, 7) is 2.07. The fourth-order valence-electron chi connectivity index (χ4n) is 4.99. The second-order valence-corrected chi connectivity index (χ2v) is 9.86. The molecule has 5 N–H and O–H groups in total. The van der Waals surface area contributed by atoms with Crippen LogP contribution in [-0.4, -0.2) is 52.6 Å². The Morgan fingerprint density at radius 1 is 1.00 bits per heavy atom. The molecule has 0 radical (unpaired) electrons. The van der Waals surface area contributed by atoms with Crippen LogP contribution in [0.4, 0.5) is 5.82 Å². The molecular weight excluding hydrogens is 547 g/mol. The zero-order valence-electron chi connectivity index (χ0n) is 23.1. The summed E-state index contributed by atoms with van der Waals surface area (Å²) in [6, 6.07) is 20.2. The van der Waals surface area contributed by atoms with Gasteiger partial charge >= 0.3 is 7.12 Å². The van der Waals surface area contributed by atoms with E-state index in [0.717, 1.165) is 0 Å². The van der Waals surface area contributed by atoms with Crippen molar-refractivity contribution in [2.45, 2.75) is 25.9 Å². The number of para-hydroxylation sites is 1. The Balaban J connectivity index is 1.40. The summed E-state index contributed by atoms with van der Waals surface area (Å²) >= 11 is 0. The first kappa shape index (κ1) is 27.8. The number of amides is 1. The van der Waals surface area contributed by atoms with Gasteiger partial charge < -0.3 is 25.7 Å². The summed E-state index contributed by atoms with van der Waals surface area (Å²) in [5.74, 6) is 0.652. The maximum Gasteiger partial charge on any atom is 0.488 e. The first-order valence-corrected chi connectivity index (χ1v) is 13.7. The molecule has 0 saturated heterocycles. The minimum absolute atomic E-state index is 0.0825. The minimum atomic E-state index is -1.62. The summed E-state index contributed by atoms with van der Waals surface area (Å²) in [4.78, 5) is 48.1. The van der Waals surface area contributed by atoms with Crippen LogP contribution in [0.25, 0.3) is 27.8 Å². The van der Waals surface area contributed by atoms with E-state index in [1.807, 2.05) is 37.3 Å². The second-order valence-electron chi connectivity index (χ2n) is 9.86. The third-order valence-corrected chi connectivity index (χ3v) is 7.18. The third-order valence-electron chi connectivity index (χ3n) is 7.18. The highest BCUT2D eigenvalue weighted by atomic mass is 16.4. The topological polar surface area (TPSA) is 171 Å². The van der Waals surface area contributed by atoms with Crippen LogP contribution in [0.15, 0.2) is 90.2 Å². The van der Waals surface area contributed by atoms with Gasteiger partial charge in [0.1, 0.15) is 17.7 Å². The Kier molecular flexibility index (Phi) is 7.64. The molecule has 1 amide bonds. The van der Waals surface area contributed by atoms with Crippen LogP contribution < -0.4 is 21.7 Å². The van der Waals surface area contributed by atoms with Crippen LogP contribution >= 0.6 is 0 Å². The van der Waals surface area contributed by atoms with Crippen molar-refractivity contribution >= 4 is 46.4 Å². The molecular formula is C30H27BN8O4. The molecule has 0 aliphatic rings. The third kappa shape index (κ3) is 5.46. The zero-order chi connectivity index (χ0) is 29.9. The summed E-state index contributed by atoms with van der Waals surface area (Å²) in [5, 5.41) is 25.3. The molecule has 0 spiro atoms. The van der Waals surface area contributed by atoms with Crippen molar-refractivity contribution in [1.29, 1.82) is 0 Å². The molecule has 43 heavy (non-hydrogen) atoms. The Hall–Kier alpha value is -5.40. The van der Waals surface area contributed by atoms with Crippen molar-refractivity contribution < 1.29 is 14.8 Å². The van der Waals surface area contributed by atoms with Gasteiger partial charge in [-0.1, -0.05) is 49.4 Å². The Morgan fingerprint density at radius 3 is 2.53 bits per heavy atom. The molecule has 0 saturated carbocycles. The summed E-state index contributed by atoms with van der Waals surface area (Å²) < 4.78 is 1.59. The van der Waals surface area contributed by atoms with Gasteiger partial charge in [0.2, 0.25) is 0 Å². The lowest BCUT2D eigenvalue weighted by molar-refractivity contribution is 0.0951. The van der Waals surface area contributed by atoms with Gasteiger partial charge in [0, 0.05) is 12.1 Å². The van der Waals surface area contributed by atoms with Crippen LogP contribution in [0.2, 0.25) is 0 Å². The maximum absolute atomic E-state index is 14.3. The van der Waals surface area contributed by atoms with Gasteiger partial charge in [0.15, 0.2) is 11.5 Å². The van der Waals surface area contributed by atoms with Crippen molar-refractivity contribution in [2.24, 2.45) is 0 Å². The van der Waals surface area contributed by atoms with Crippen LogP contribution in [0.5, 0.6) is 0 Å². The number of hydrogen-bond acceptors (Lipinski definition) is 9. The molecule has 0 bridgehead atoms. The number of rotatable bonds is 9. The first-order valence-electron chi connectivity index (χ1n) is 13.7. The fraction of sp³-hybridized carbons (Fsp3) is 0.133. The number of benzene rings is 3. The summed E-state index contributed by atoms with van der Waals surface area (Å²) in [7, 11) is -1.62. The lowest BCUT2D eigenvalue weighted by Crippen LogP contribution is -2.31. The Labute approximate surface area is 245 Å². The number of imidazole rings is 1. The number of carbonyl (C=O) groups excluding carboxylic acids is 1. The van der Waals surface area contributed by atoms with Crippen LogP contribution in [-0.2, 0) is 6.54 Å². The molecule has 0 aliphatic carbocycles. The van der Waals surface area contributed by atoms with E-state index in [1.54, 1.807) is 29.1 Å². The van der Waals surface area contributed by atoms with Crippen molar-refractivity contribution in [1.82, 2.24) is 34.8 Å². The summed E-state index contributed by atoms with van der Waals surface area (Å²) in [5.41, 5.74) is 3.27. The highest BCUT2D eigenvalue weighted by Crippen LogP contribution is 2.26. The van der Waals surface area contributed by atoms with Crippen molar-refractivity contribution in [2.75, 3.05) is 5.32 Å². The second kappa shape index (κ2) is 11.8. The van der Waals surface area contributed by atoms with Crippen LogP contribution in [0.1, 0.15) is 41.1 Å². The molecule has 214 valence electrons. The normalized spacial score (nSPS) is 11.9. The molecule has 3 heterocycles. The SMILES string of the molecule is CC[C@H](Nc1ncnc2[nH]cnc12)c1nc2cccc(CNC(=O)c3ccc(B(O)O)cc3)c2c(=O)n1-c1ccccc1. The van der Waals surface area contributed by atoms with Crippen LogP contribution in [0.3, 0.4) is 0 Å². The first-order chi connectivity index (χ1) is 20.9. The van der Waals surface area contributed by atoms with Gasteiger partial charge in [-0.25, -0.2) is 19.9 Å². The monoisotopic (exact) mass is 574 g/mol. The number of nitrogens with zero attached hydrogens (tertiary/aromatic N) is 5. The van der Waals surface area contributed by atoms with Gasteiger partial charge in [0.05, 0.1) is 29.0 Å². The largest absolute Gasteiger partial charge is 0.488 e. The van der Waals surface area contributed by atoms with E-state index in [2.05, 4.69) is 30.6 Å². The lowest BCUT2D eigenvalue weighted by atomic mass is 9.80. The molecule has 0 aliphatic heterocycles. The molecule has 13 heteroatoms. The standard InChI is InChI=1S/C30H27BN8O4/c1-2-22(37-27-25-26(34-16-33-25)35-17-36-27)28-38-23-10-6-7-19(24(23)30(41)39(28)21-8-4-3-5-9-21)15-32-29(40)18-11-13-20(14-12-18)31(42)43/h3-14,16-17,22,42-43H,2,15H2,1H3,(H,32,40)(H2,33,34,35,36,37)/t22-/m0/s1. The molecule has 12 nitrogen and oxygen atoms in total. The van der Waals surface area contributed by atoms with Gasteiger partial charge in [-0.2, -0.15) is 0 Å². The molecule has 3 aromatic heterocycles. The molecule has 0 fully saturated rings. The van der Waals surface area contributed by atoms with E-state index in [0.29, 0.717) is 56.9 Å². The molecule has 0 unspecified atom stereocenters. The number of hydrogen-bond donors (Lipinski definition) is 5. The average Bonchev–Trinajstić information content (AvgIpc) is 3.52. The predicted molar refractivity (Wildman–Crippen MR) is 163 cm³/mol. The fourth-order valence-corrected chi connectivity index (χ4v) is 4.99. The number of nitrogens with one attached hydrogen (secondary N) is 3. The molecule has 6 rings (SSSR count). The van der Waals surface area contributed by atoms with E-state index >= 15 is 0 Å². The highest BCUT2D eigenvalue weighted by molar-refractivity contribution is 6.58. The van der Waals surface area contributed by atoms with E-state index in [1.165, 1.54) is 30.6 Å². The van der Waals surface area contributed by atoms with Crippen molar-refractivity contribution in [3.63, 3.8) is 0 Å². The molecule has 1 atom stereocenters. The highest BCUT2D eigenvalue weighted by Gasteiger charge is 2.23. The van der Waals surface area contributed by atoms with Crippen molar-refractivity contribution in [3.05, 3.63) is 113 Å². The van der Waals surface area contributed by atoms with Crippen LogP contribution in [0, 0.1) is 0 Å². The van der Waals surface area contributed by atoms with Crippen molar-refractivity contribution in [3.8, 4) is 5.69 Å². The zero-order valence-corrected chi connectivity index (χ0v) is 23.1. The van der Waals surface area contributed by atoms with Gasteiger partial charge in [-0.15, -0.1) is 0 Å². The number of fused-ring (bicyclic) bond motifs is 2. The number of aromatic nitrogens is 6. The van der Waals surface area contributed by atoms with E-state index in [9.17, 15) is 19.6 Å². The lowest BCUT2D eigenvalue weighted by Gasteiger charge is -2.22. The number of anilines is 1. The van der Waals surface area contributed by atoms with Gasteiger partial charge in [-0.3, -0.25) is 14.2 Å². The number of H-pyrrole nitrogens is 1. The average molecular weight is 574 g/mol. The Bertz CT molecular complexity index is 1980. The molecule has 6 aromatic rings. The van der Waals surface area contributed by atoms with Gasteiger partial charge in [-0.05, 0) is 47.8 Å². The summed E-state index contributed by atoms with van der Waals surface area (Å²) in [6.07, 6.45) is 3.58. The van der Waals surface area contributed by atoms with E-state index < -0.39 is 13.2 Å². The maximum atomic E-state index is 14.3. The van der Waals surface area contributed by atoms with E-state index in [-0.39, 0.29) is 23.5 Å². The number of carbonyl (C=O) groups is 1. The predicted octanol–water partition coefficient (Wildman–Crippen LogP) is 2.22.